The number of hydrogen-bond donors (Lipinski definition) is 0. The first-order valence-corrected chi connectivity index (χ1v) is 30.2. The summed E-state index contributed by atoms with van der Waals surface area (Å²) in [5.74, 6) is -0.407. The summed E-state index contributed by atoms with van der Waals surface area (Å²) in [6.45, 7) is 7.83. The zero-order chi connectivity index (χ0) is 49.2. The van der Waals surface area contributed by atoms with Gasteiger partial charge in [-0.15, -0.1) is 0 Å². The summed E-state index contributed by atoms with van der Waals surface area (Å²) in [5, 5.41) is 0. The molecule has 0 spiro atoms. The van der Waals surface area contributed by atoms with Gasteiger partial charge in [-0.25, -0.2) is 0 Å². The highest BCUT2D eigenvalue weighted by Gasteiger charge is 2.17. The Labute approximate surface area is 424 Å². The Kier molecular flexibility index (Phi) is 57.3. The zero-order valence-electron chi connectivity index (χ0n) is 45.9. The fraction of sp³-hybridized carbons (Fsp3) is 0.841. The Hall–Kier alpha value is -2.14. The van der Waals surface area contributed by atoms with Gasteiger partial charge in [0.05, 0.1) is 6.61 Å². The number of rotatable bonds is 56. The van der Waals surface area contributed by atoms with E-state index in [9.17, 15) is 9.59 Å². The molecule has 398 valence electrons. The molecule has 0 fully saturated rings. The van der Waals surface area contributed by atoms with Crippen molar-refractivity contribution in [3.8, 4) is 0 Å². The van der Waals surface area contributed by atoms with Crippen molar-refractivity contribution in [2.75, 3.05) is 19.8 Å². The molecule has 0 aromatic heterocycles. The summed E-state index contributed by atoms with van der Waals surface area (Å²) < 4.78 is 17.5. The third-order valence-electron chi connectivity index (χ3n) is 13.3. The first kappa shape index (κ1) is 65.9. The molecule has 0 saturated heterocycles. The summed E-state index contributed by atoms with van der Waals surface area (Å²) in [4.78, 5) is 25.6. The standard InChI is InChI=1S/C63H116O5/c1-4-7-10-13-16-19-22-25-28-31-32-34-35-38-41-44-47-50-53-56-62(64)67-60-61(59-66-58-55-52-49-46-43-40-37-30-27-24-21-18-15-12-9-6-3)68-63(65)57-54-51-48-45-42-39-36-33-29-26-23-20-17-14-11-8-5-2/h17,20,25-26,28-29,36,39,61H,4-16,18-19,21-24,27,30-35,37-38,40-60H2,1-3H3/b20-17-,28-25-,29-26-,39-36-/t61-/m1/s1. The van der Waals surface area contributed by atoms with Gasteiger partial charge in [0.25, 0.3) is 0 Å². The van der Waals surface area contributed by atoms with Crippen molar-refractivity contribution in [1.29, 1.82) is 0 Å². The fourth-order valence-corrected chi connectivity index (χ4v) is 8.81. The predicted molar refractivity (Wildman–Crippen MR) is 298 cm³/mol. The highest BCUT2D eigenvalue weighted by Crippen LogP contribution is 2.16. The van der Waals surface area contributed by atoms with Crippen LogP contribution in [0.4, 0.5) is 0 Å². The van der Waals surface area contributed by atoms with Crippen LogP contribution in [0.1, 0.15) is 316 Å². The Morgan fingerprint density at radius 2 is 0.618 bits per heavy atom. The van der Waals surface area contributed by atoms with Crippen molar-refractivity contribution in [3.63, 3.8) is 0 Å². The molecule has 68 heavy (non-hydrogen) atoms. The average molecular weight is 954 g/mol. The maximum absolute atomic E-state index is 12.9. The van der Waals surface area contributed by atoms with Gasteiger partial charge >= 0.3 is 11.9 Å². The van der Waals surface area contributed by atoms with E-state index in [0.717, 1.165) is 64.2 Å². The molecule has 0 bridgehead atoms. The maximum Gasteiger partial charge on any atom is 0.306 e. The van der Waals surface area contributed by atoms with Gasteiger partial charge in [0, 0.05) is 19.4 Å². The van der Waals surface area contributed by atoms with Gasteiger partial charge in [-0.3, -0.25) is 9.59 Å². The summed E-state index contributed by atoms with van der Waals surface area (Å²) in [5.41, 5.74) is 0. The van der Waals surface area contributed by atoms with E-state index in [4.69, 9.17) is 14.2 Å². The second kappa shape index (κ2) is 59.2. The van der Waals surface area contributed by atoms with Crippen molar-refractivity contribution in [3.05, 3.63) is 48.6 Å². The molecule has 0 saturated carbocycles. The number of carbonyl (C=O) groups is 2. The number of hydrogen-bond acceptors (Lipinski definition) is 5. The largest absolute Gasteiger partial charge is 0.462 e. The Bertz CT molecular complexity index is 1120. The zero-order valence-corrected chi connectivity index (χ0v) is 45.9. The van der Waals surface area contributed by atoms with Crippen molar-refractivity contribution >= 4 is 11.9 Å². The first-order chi connectivity index (χ1) is 33.6. The second-order valence-corrected chi connectivity index (χ2v) is 20.3. The lowest BCUT2D eigenvalue weighted by molar-refractivity contribution is -0.163. The Balaban J connectivity index is 4.27. The summed E-state index contributed by atoms with van der Waals surface area (Å²) >= 11 is 0. The van der Waals surface area contributed by atoms with Crippen LogP contribution in [0.25, 0.3) is 0 Å². The van der Waals surface area contributed by atoms with Crippen LogP contribution in [-0.4, -0.2) is 37.9 Å². The quantitative estimate of drug-likeness (QED) is 0.0345. The molecule has 0 aromatic rings. The van der Waals surface area contributed by atoms with E-state index in [1.54, 1.807) is 0 Å². The minimum Gasteiger partial charge on any atom is -0.462 e. The SMILES string of the molecule is CCCCC/C=C\C/C=C\C/C=C\CCCCCCC(=O)O[C@H](COCCCCCCCCCCCCCCCCCC)COC(=O)CCCCCCCCCCC/C=C\CCCCCCCC. The summed E-state index contributed by atoms with van der Waals surface area (Å²) in [6.07, 6.45) is 74.2. The van der Waals surface area contributed by atoms with Gasteiger partial charge in [-0.2, -0.15) is 0 Å². The molecule has 0 N–H and O–H groups in total. The van der Waals surface area contributed by atoms with Gasteiger partial charge in [-0.05, 0) is 83.5 Å². The smallest absolute Gasteiger partial charge is 0.306 e. The molecule has 0 unspecified atom stereocenters. The highest BCUT2D eigenvalue weighted by atomic mass is 16.6. The molecule has 0 aliphatic carbocycles. The Morgan fingerprint density at radius 1 is 0.324 bits per heavy atom. The molecular formula is C63H116O5. The van der Waals surface area contributed by atoms with Crippen molar-refractivity contribution in [2.45, 2.75) is 322 Å². The van der Waals surface area contributed by atoms with Crippen molar-refractivity contribution in [2.24, 2.45) is 0 Å². The lowest BCUT2D eigenvalue weighted by atomic mass is 10.0. The van der Waals surface area contributed by atoms with Crippen LogP contribution < -0.4 is 0 Å². The van der Waals surface area contributed by atoms with Crippen LogP contribution in [-0.2, 0) is 23.8 Å². The van der Waals surface area contributed by atoms with Crippen LogP contribution in [0.2, 0.25) is 0 Å². The fourth-order valence-electron chi connectivity index (χ4n) is 8.81. The average Bonchev–Trinajstić information content (AvgIpc) is 3.34. The van der Waals surface area contributed by atoms with Crippen molar-refractivity contribution < 1.29 is 23.8 Å². The second-order valence-electron chi connectivity index (χ2n) is 20.3. The molecule has 0 rings (SSSR count). The predicted octanol–water partition coefficient (Wildman–Crippen LogP) is 20.7. The lowest BCUT2D eigenvalue weighted by Crippen LogP contribution is -2.30. The van der Waals surface area contributed by atoms with Crippen LogP contribution in [0.15, 0.2) is 48.6 Å². The van der Waals surface area contributed by atoms with Gasteiger partial charge in [0.1, 0.15) is 6.61 Å². The molecule has 0 aliphatic rings. The molecule has 5 heteroatoms. The van der Waals surface area contributed by atoms with Crippen molar-refractivity contribution in [1.82, 2.24) is 0 Å². The molecular weight excluding hydrogens is 837 g/mol. The summed E-state index contributed by atoms with van der Waals surface area (Å²) in [6, 6.07) is 0. The van der Waals surface area contributed by atoms with Crippen LogP contribution in [0.5, 0.6) is 0 Å². The van der Waals surface area contributed by atoms with Gasteiger partial charge < -0.3 is 14.2 Å². The number of allylic oxidation sites excluding steroid dienone is 8. The topological polar surface area (TPSA) is 61.8 Å². The number of esters is 2. The maximum atomic E-state index is 12.9. The van der Waals surface area contributed by atoms with Gasteiger partial charge in [-0.1, -0.05) is 268 Å². The van der Waals surface area contributed by atoms with E-state index >= 15 is 0 Å². The van der Waals surface area contributed by atoms with Gasteiger partial charge in [0.15, 0.2) is 6.10 Å². The van der Waals surface area contributed by atoms with Gasteiger partial charge in [0.2, 0.25) is 0 Å². The van der Waals surface area contributed by atoms with E-state index in [2.05, 4.69) is 69.4 Å². The monoisotopic (exact) mass is 953 g/mol. The molecule has 0 aliphatic heterocycles. The van der Waals surface area contributed by atoms with E-state index in [0.29, 0.717) is 19.4 Å². The minimum atomic E-state index is -0.547. The number of carbonyl (C=O) groups excluding carboxylic acids is 2. The highest BCUT2D eigenvalue weighted by molar-refractivity contribution is 5.70. The number of ether oxygens (including phenoxy) is 3. The number of unbranched alkanes of at least 4 members (excludes halogenated alkanes) is 37. The Morgan fingerprint density at radius 3 is 1.03 bits per heavy atom. The molecule has 5 nitrogen and oxygen atoms in total. The van der Waals surface area contributed by atoms with E-state index in [1.165, 1.54) is 218 Å². The molecule has 0 aromatic carbocycles. The van der Waals surface area contributed by atoms with E-state index < -0.39 is 6.10 Å². The third-order valence-corrected chi connectivity index (χ3v) is 13.3. The van der Waals surface area contributed by atoms with Crippen LogP contribution in [0, 0.1) is 0 Å². The first-order valence-electron chi connectivity index (χ1n) is 30.2. The molecule has 1 atom stereocenters. The molecule has 0 heterocycles. The van der Waals surface area contributed by atoms with E-state index in [1.807, 2.05) is 0 Å². The van der Waals surface area contributed by atoms with Crippen LogP contribution in [0.3, 0.4) is 0 Å². The minimum absolute atomic E-state index is 0.0791. The lowest BCUT2D eigenvalue weighted by Gasteiger charge is -2.18. The van der Waals surface area contributed by atoms with Crippen LogP contribution >= 0.6 is 0 Å². The normalized spacial score (nSPS) is 12.5. The summed E-state index contributed by atoms with van der Waals surface area (Å²) in [7, 11) is 0. The third kappa shape index (κ3) is 56.4. The van der Waals surface area contributed by atoms with E-state index in [-0.39, 0.29) is 25.2 Å². The molecule has 0 amide bonds. The molecule has 0 radical (unpaired) electrons.